The molecule has 0 bridgehead atoms. The molecule has 2 N–H and O–H groups in total. The molecule has 2 rings (SSSR count). The molecule has 0 amide bonds. The molecule has 0 aromatic heterocycles. The third kappa shape index (κ3) is 2.21. The fraction of sp³-hybridized carbons (Fsp3) is 0.375. The molecule has 0 spiro atoms. The zero-order valence-electron chi connectivity index (χ0n) is 12.2. The molecular weight excluding hydrogens is 256 g/mol. The highest BCUT2D eigenvalue weighted by molar-refractivity contribution is 5.95. The molecule has 0 saturated carbocycles. The van der Waals surface area contributed by atoms with Crippen molar-refractivity contribution in [3.8, 4) is 11.5 Å². The number of hydrogen-bond acceptors (Lipinski definition) is 4. The number of benzene rings is 2. The highest BCUT2D eigenvalue weighted by Gasteiger charge is 2.25. The topological polar surface area (TPSA) is 58.9 Å². The summed E-state index contributed by atoms with van der Waals surface area (Å²) in [5.41, 5.74) is 1.95. The predicted molar refractivity (Wildman–Crippen MR) is 78.6 cm³/mol. The van der Waals surface area contributed by atoms with Crippen LogP contribution in [0.4, 0.5) is 0 Å². The van der Waals surface area contributed by atoms with Crippen molar-refractivity contribution in [1.29, 1.82) is 0 Å². The van der Waals surface area contributed by atoms with Crippen LogP contribution in [0.15, 0.2) is 24.3 Å². The Morgan fingerprint density at radius 2 is 1.25 bits per heavy atom. The largest absolute Gasteiger partial charge is 0.336 e. The van der Waals surface area contributed by atoms with Crippen LogP contribution in [0.5, 0.6) is 11.5 Å². The summed E-state index contributed by atoms with van der Waals surface area (Å²) < 4.78 is 0. The summed E-state index contributed by atoms with van der Waals surface area (Å²) in [4.78, 5) is 9.03. The molecule has 0 fully saturated rings. The van der Waals surface area contributed by atoms with E-state index in [1.165, 1.54) is 0 Å². The van der Waals surface area contributed by atoms with Gasteiger partial charge in [-0.1, -0.05) is 52.0 Å². The van der Waals surface area contributed by atoms with E-state index < -0.39 is 0 Å². The van der Waals surface area contributed by atoms with Gasteiger partial charge in [0.15, 0.2) is 0 Å². The fourth-order valence-electron chi connectivity index (χ4n) is 2.80. The van der Waals surface area contributed by atoms with Gasteiger partial charge in [-0.2, -0.15) is 0 Å². The van der Waals surface area contributed by atoms with Gasteiger partial charge in [0.1, 0.15) is 0 Å². The van der Waals surface area contributed by atoms with Crippen LogP contribution >= 0.6 is 0 Å². The minimum absolute atomic E-state index is 0.119. The summed E-state index contributed by atoms with van der Waals surface area (Å²) in [6.07, 6.45) is 0. The van der Waals surface area contributed by atoms with Gasteiger partial charge >= 0.3 is 0 Å². The first kappa shape index (κ1) is 14.6. The summed E-state index contributed by atoms with van der Waals surface area (Å²) in [6, 6.07) is 7.61. The average Bonchev–Trinajstić information content (AvgIpc) is 2.43. The van der Waals surface area contributed by atoms with Crippen molar-refractivity contribution in [3.05, 3.63) is 35.4 Å². The van der Waals surface area contributed by atoms with Gasteiger partial charge in [-0.05, 0) is 22.8 Å². The minimum Gasteiger partial charge on any atom is -0.336 e. The van der Waals surface area contributed by atoms with Crippen LogP contribution in [0.3, 0.4) is 0 Å². The van der Waals surface area contributed by atoms with E-state index in [9.17, 15) is 10.5 Å². The lowest BCUT2D eigenvalue weighted by Crippen LogP contribution is -2.06. The van der Waals surface area contributed by atoms with Gasteiger partial charge < -0.3 is 9.78 Å². The summed E-state index contributed by atoms with van der Waals surface area (Å²) >= 11 is 0. The van der Waals surface area contributed by atoms with Gasteiger partial charge in [0.25, 0.3) is 0 Å². The molecule has 2 aromatic carbocycles. The van der Waals surface area contributed by atoms with Crippen molar-refractivity contribution in [3.63, 3.8) is 0 Å². The molecule has 108 valence electrons. The number of hydrogen-bond donors (Lipinski definition) is 2. The maximum absolute atomic E-state index is 9.25. The third-order valence-corrected chi connectivity index (χ3v) is 3.54. The van der Waals surface area contributed by atoms with Crippen molar-refractivity contribution in [2.75, 3.05) is 0 Å². The summed E-state index contributed by atoms with van der Waals surface area (Å²) in [7, 11) is 0. The Labute approximate surface area is 118 Å². The molecule has 2 aromatic rings. The van der Waals surface area contributed by atoms with Gasteiger partial charge in [0.05, 0.1) is 0 Å². The Bertz CT molecular complexity index is 617. The second kappa shape index (κ2) is 5.69. The highest BCUT2D eigenvalue weighted by atomic mass is 17.1. The van der Waals surface area contributed by atoms with Gasteiger partial charge in [0.2, 0.25) is 11.5 Å². The average molecular weight is 276 g/mol. The second-order valence-electron chi connectivity index (χ2n) is 5.52. The lowest BCUT2D eigenvalue weighted by Gasteiger charge is -2.22. The SMILES string of the molecule is CC(C)c1c(OO)c(OO)c2ccccc2c1C(C)C. The minimum atomic E-state index is 0.119. The third-order valence-electron chi connectivity index (χ3n) is 3.54. The summed E-state index contributed by atoms with van der Waals surface area (Å²) in [5, 5.41) is 20.2. The number of fused-ring (bicyclic) bond motifs is 1. The molecule has 0 atom stereocenters. The van der Waals surface area contributed by atoms with E-state index >= 15 is 0 Å². The lowest BCUT2D eigenvalue weighted by molar-refractivity contribution is -0.163. The van der Waals surface area contributed by atoms with Crippen LogP contribution in [-0.4, -0.2) is 10.5 Å². The Balaban J connectivity index is 3.01. The predicted octanol–water partition coefficient (Wildman–Crippen LogP) is 4.79. The molecule has 4 nitrogen and oxygen atoms in total. The van der Waals surface area contributed by atoms with Crippen LogP contribution in [0, 0.1) is 0 Å². The first-order chi connectivity index (χ1) is 9.52. The van der Waals surface area contributed by atoms with E-state index in [2.05, 4.69) is 23.6 Å². The van der Waals surface area contributed by atoms with Crippen LogP contribution in [0.25, 0.3) is 10.8 Å². The van der Waals surface area contributed by atoms with Crippen molar-refractivity contribution < 1.29 is 20.3 Å². The van der Waals surface area contributed by atoms with Crippen molar-refractivity contribution in [1.82, 2.24) is 0 Å². The van der Waals surface area contributed by atoms with E-state index in [1.54, 1.807) is 0 Å². The van der Waals surface area contributed by atoms with Gasteiger partial charge in [-0.3, -0.25) is 0 Å². The van der Waals surface area contributed by atoms with Crippen molar-refractivity contribution >= 4 is 10.8 Å². The van der Waals surface area contributed by atoms with E-state index in [0.29, 0.717) is 5.39 Å². The van der Waals surface area contributed by atoms with Gasteiger partial charge in [0, 0.05) is 10.9 Å². The molecule has 0 aliphatic carbocycles. The Morgan fingerprint density at radius 3 is 1.70 bits per heavy atom. The van der Waals surface area contributed by atoms with Crippen molar-refractivity contribution in [2.45, 2.75) is 39.5 Å². The molecule has 0 heterocycles. The van der Waals surface area contributed by atoms with Crippen LogP contribution in [-0.2, 0) is 0 Å². The van der Waals surface area contributed by atoms with E-state index in [1.807, 2.05) is 38.1 Å². The van der Waals surface area contributed by atoms with E-state index in [-0.39, 0.29) is 23.3 Å². The zero-order chi connectivity index (χ0) is 14.9. The number of rotatable bonds is 4. The first-order valence-corrected chi connectivity index (χ1v) is 6.74. The summed E-state index contributed by atoms with van der Waals surface area (Å²) in [5.74, 6) is 0.702. The molecule has 20 heavy (non-hydrogen) atoms. The quantitative estimate of drug-likeness (QED) is 0.622. The Kier molecular flexibility index (Phi) is 4.16. The lowest BCUT2D eigenvalue weighted by atomic mass is 9.85. The fourth-order valence-corrected chi connectivity index (χ4v) is 2.80. The monoisotopic (exact) mass is 276 g/mol. The molecule has 4 heteroatoms. The van der Waals surface area contributed by atoms with Crippen LogP contribution < -0.4 is 9.78 Å². The smallest absolute Gasteiger partial charge is 0.219 e. The van der Waals surface area contributed by atoms with E-state index in [4.69, 9.17) is 0 Å². The Hall–Kier alpha value is -1.78. The second-order valence-corrected chi connectivity index (χ2v) is 5.52. The Morgan fingerprint density at radius 1 is 0.750 bits per heavy atom. The first-order valence-electron chi connectivity index (χ1n) is 6.74. The normalized spacial score (nSPS) is 11.4. The zero-order valence-corrected chi connectivity index (χ0v) is 12.2. The van der Waals surface area contributed by atoms with Crippen LogP contribution in [0.2, 0.25) is 0 Å². The maximum atomic E-state index is 9.25. The van der Waals surface area contributed by atoms with Gasteiger partial charge in [-0.15, -0.1) is 0 Å². The maximum Gasteiger partial charge on any atom is 0.219 e. The molecular formula is C16H20O4. The van der Waals surface area contributed by atoms with Crippen LogP contribution in [0.1, 0.15) is 50.7 Å². The molecule has 0 aliphatic heterocycles. The van der Waals surface area contributed by atoms with Gasteiger partial charge in [-0.25, -0.2) is 10.5 Å². The molecule has 0 radical (unpaired) electrons. The van der Waals surface area contributed by atoms with Crippen molar-refractivity contribution in [2.24, 2.45) is 0 Å². The standard InChI is InChI=1S/C16H20O4/c1-9(2)13-11-7-5-6-8-12(11)15(19-17)16(20-18)14(13)10(3)4/h5-10,17-18H,1-4H3. The molecule has 0 saturated heterocycles. The molecule has 0 unspecified atom stereocenters. The summed E-state index contributed by atoms with van der Waals surface area (Å²) in [6.45, 7) is 8.21. The van der Waals surface area contributed by atoms with E-state index in [0.717, 1.165) is 16.5 Å². The highest BCUT2D eigenvalue weighted by Crippen LogP contribution is 2.46. The molecule has 0 aliphatic rings.